The zero-order chi connectivity index (χ0) is 13.8. The van der Waals surface area contributed by atoms with Gasteiger partial charge in [-0.15, -0.1) is 0 Å². The summed E-state index contributed by atoms with van der Waals surface area (Å²) in [5, 5.41) is 6.39. The van der Waals surface area contributed by atoms with Crippen LogP contribution in [0.4, 0.5) is 10.5 Å². The quantitative estimate of drug-likeness (QED) is 0.833. The van der Waals surface area contributed by atoms with Crippen LogP contribution in [-0.4, -0.2) is 17.9 Å². The molecule has 5 nitrogen and oxygen atoms in total. The summed E-state index contributed by atoms with van der Waals surface area (Å²) in [6.07, 6.45) is 1.42. The summed E-state index contributed by atoms with van der Waals surface area (Å²) in [5.41, 5.74) is 1.51. The lowest BCUT2D eigenvalue weighted by molar-refractivity contribution is 0.154. The summed E-state index contributed by atoms with van der Waals surface area (Å²) in [6.45, 7) is 10.4. The Morgan fingerprint density at radius 2 is 2.06 bits per heavy atom. The lowest BCUT2D eigenvalue weighted by Gasteiger charge is -2.17. The first kappa shape index (κ1) is 14.5. The zero-order valence-electron chi connectivity index (χ0n) is 11.8. The third-order valence-electron chi connectivity index (χ3n) is 2.56. The van der Waals surface area contributed by atoms with Crippen molar-refractivity contribution in [2.75, 3.05) is 11.9 Å². The summed E-state index contributed by atoms with van der Waals surface area (Å²) in [7, 11) is 0. The van der Waals surface area contributed by atoms with E-state index in [9.17, 15) is 4.79 Å². The molecule has 5 heteroatoms. The molecular weight excluding hydrogens is 232 g/mol. The molecule has 0 spiro atoms. The van der Waals surface area contributed by atoms with Crippen LogP contribution >= 0.6 is 0 Å². The molecule has 18 heavy (non-hydrogen) atoms. The van der Waals surface area contributed by atoms with Gasteiger partial charge in [-0.05, 0) is 32.1 Å². The summed E-state index contributed by atoms with van der Waals surface area (Å²) in [5.74, 6) is 0.583. The van der Waals surface area contributed by atoms with Crippen molar-refractivity contribution in [2.24, 2.45) is 5.41 Å². The highest BCUT2D eigenvalue weighted by atomic mass is 16.5. The molecule has 1 N–H and O–H groups in total. The van der Waals surface area contributed by atoms with Gasteiger partial charge in [0.1, 0.15) is 11.4 Å². The van der Waals surface area contributed by atoms with Crippen LogP contribution in [0, 0.1) is 19.3 Å². The Kier molecular flexibility index (Phi) is 4.76. The fourth-order valence-corrected chi connectivity index (χ4v) is 1.57. The van der Waals surface area contributed by atoms with E-state index in [0.717, 1.165) is 12.8 Å². The predicted octanol–water partition coefficient (Wildman–Crippen LogP) is 3.67. The molecule has 1 amide bonds. The first-order chi connectivity index (χ1) is 8.29. The Morgan fingerprint density at radius 3 is 2.56 bits per heavy atom. The van der Waals surface area contributed by atoms with E-state index in [0.29, 0.717) is 23.7 Å². The maximum Gasteiger partial charge on any atom is 0.411 e. The van der Waals surface area contributed by atoms with E-state index in [2.05, 4.69) is 31.2 Å². The highest BCUT2D eigenvalue weighted by Crippen LogP contribution is 2.21. The van der Waals surface area contributed by atoms with Gasteiger partial charge in [0.05, 0.1) is 6.61 Å². The van der Waals surface area contributed by atoms with E-state index >= 15 is 0 Å². The van der Waals surface area contributed by atoms with E-state index in [1.807, 2.05) is 0 Å². The van der Waals surface area contributed by atoms with Gasteiger partial charge < -0.3 is 9.26 Å². The number of nitrogens with one attached hydrogen (secondary N) is 1. The molecule has 1 aromatic heterocycles. The molecule has 0 aliphatic rings. The van der Waals surface area contributed by atoms with Crippen molar-refractivity contribution in [3.8, 4) is 0 Å². The number of aryl methyl sites for hydroxylation is 2. The van der Waals surface area contributed by atoms with Crippen molar-refractivity contribution in [3.05, 3.63) is 11.5 Å². The minimum atomic E-state index is -0.460. The first-order valence-electron chi connectivity index (χ1n) is 6.16. The molecule has 0 saturated carbocycles. The average molecular weight is 254 g/mol. The molecule has 0 radical (unpaired) electrons. The number of amides is 1. The summed E-state index contributed by atoms with van der Waals surface area (Å²) in [6, 6.07) is 0. The van der Waals surface area contributed by atoms with Gasteiger partial charge in [0.15, 0.2) is 5.76 Å². The largest absolute Gasteiger partial charge is 0.449 e. The van der Waals surface area contributed by atoms with Gasteiger partial charge in [-0.2, -0.15) is 0 Å². The molecule has 0 fully saturated rings. The first-order valence-corrected chi connectivity index (χ1v) is 6.16. The molecule has 0 saturated heterocycles. The summed E-state index contributed by atoms with van der Waals surface area (Å²) in [4.78, 5) is 11.5. The van der Waals surface area contributed by atoms with Crippen LogP contribution < -0.4 is 5.32 Å². The lowest BCUT2D eigenvalue weighted by Crippen LogP contribution is -2.16. The van der Waals surface area contributed by atoms with Gasteiger partial charge in [0.2, 0.25) is 0 Å². The molecule has 1 aromatic rings. The van der Waals surface area contributed by atoms with Gasteiger partial charge in [-0.25, -0.2) is 4.79 Å². The van der Waals surface area contributed by atoms with Crippen LogP contribution in [0.25, 0.3) is 0 Å². The fourth-order valence-electron chi connectivity index (χ4n) is 1.57. The van der Waals surface area contributed by atoms with Crippen LogP contribution in [-0.2, 0) is 4.74 Å². The second-order valence-corrected chi connectivity index (χ2v) is 5.62. The zero-order valence-corrected chi connectivity index (χ0v) is 11.8. The normalized spacial score (nSPS) is 11.4. The van der Waals surface area contributed by atoms with Crippen LogP contribution in [0.1, 0.15) is 45.1 Å². The van der Waals surface area contributed by atoms with Gasteiger partial charge in [-0.1, -0.05) is 25.9 Å². The van der Waals surface area contributed by atoms with Gasteiger partial charge in [0, 0.05) is 0 Å². The Bertz CT molecular complexity index is 385. The number of ether oxygens (including phenoxy) is 1. The van der Waals surface area contributed by atoms with Crippen LogP contribution in [0.5, 0.6) is 0 Å². The molecule has 0 aliphatic carbocycles. The van der Waals surface area contributed by atoms with E-state index in [-0.39, 0.29) is 5.41 Å². The minimum Gasteiger partial charge on any atom is -0.449 e. The average Bonchev–Trinajstić information content (AvgIpc) is 2.55. The van der Waals surface area contributed by atoms with Gasteiger partial charge in [-0.3, -0.25) is 5.32 Å². The predicted molar refractivity (Wildman–Crippen MR) is 69.6 cm³/mol. The third-order valence-corrected chi connectivity index (χ3v) is 2.56. The second-order valence-electron chi connectivity index (χ2n) is 5.62. The van der Waals surface area contributed by atoms with Crippen molar-refractivity contribution >= 4 is 11.8 Å². The van der Waals surface area contributed by atoms with E-state index < -0.39 is 6.09 Å². The molecule has 1 heterocycles. The number of carbonyl (C=O) groups excluding carboxylic acids is 1. The molecule has 0 unspecified atom stereocenters. The molecule has 0 aromatic carbocycles. The monoisotopic (exact) mass is 254 g/mol. The maximum atomic E-state index is 11.5. The fraction of sp³-hybridized carbons (Fsp3) is 0.692. The van der Waals surface area contributed by atoms with Crippen molar-refractivity contribution in [1.82, 2.24) is 5.16 Å². The van der Waals surface area contributed by atoms with Gasteiger partial charge >= 0.3 is 6.09 Å². The summed E-state index contributed by atoms with van der Waals surface area (Å²) >= 11 is 0. The number of rotatable bonds is 4. The minimum absolute atomic E-state index is 0.265. The molecule has 0 atom stereocenters. The van der Waals surface area contributed by atoms with Crippen LogP contribution in [0.3, 0.4) is 0 Å². The van der Waals surface area contributed by atoms with Crippen LogP contribution in [0.15, 0.2) is 4.52 Å². The van der Waals surface area contributed by atoms with Crippen LogP contribution in [0.2, 0.25) is 0 Å². The highest BCUT2D eigenvalue weighted by molar-refractivity contribution is 5.85. The van der Waals surface area contributed by atoms with E-state index in [1.165, 1.54) is 0 Å². The molecule has 102 valence electrons. The van der Waals surface area contributed by atoms with Crippen molar-refractivity contribution < 1.29 is 14.1 Å². The third kappa shape index (κ3) is 4.77. The Morgan fingerprint density at radius 1 is 1.39 bits per heavy atom. The standard InChI is InChI=1S/C13H22N2O3/c1-9-11(10(2)18-15-9)14-12(16)17-8-6-7-13(3,4)5/h6-8H2,1-5H3,(H,14,16). The number of aromatic nitrogens is 1. The summed E-state index contributed by atoms with van der Waals surface area (Å²) < 4.78 is 10.0. The topological polar surface area (TPSA) is 64.4 Å². The van der Waals surface area contributed by atoms with E-state index in [4.69, 9.17) is 9.26 Å². The Labute approximate surface area is 108 Å². The lowest BCUT2D eigenvalue weighted by atomic mass is 9.91. The number of hydrogen-bond acceptors (Lipinski definition) is 4. The maximum absolute atomic E-state index is 11.5. The van der Waals surface area contributed by atoms with E-state index in [1.54, 1.807) is 13.8 Å². The van der Waals surface area contributed by atoms with Crippen molar-refractivity contribution in [3.63, 3.8) is 0 Å². The van der Waals surface area contributed by atoms with Crippen molar-refractivity contribution in [2.45, 2.75) is 47.5 Å². The molecule has 0 aliphatic heterocycles. The molecule has 1 rings (SSSR count). The van der Waals surface area contributed by atoms with Gasteiger partial charge in [0.25, 0.3) is 0 Å². The number of hydrogen-bond donors (Lipinski definition) is 1. The molecule has 0 bridgehead atoms. The molecular formula is C13H22N2O3. The second kappa shape index (κ2) is 5.89. The SMILES string of the molecule is Cc1noc(C)c1NC(=O)OCCCC(C)(C)C. The number of nitrogens with zero attached hydrogens (tertiary/aromatic N) is 1. The van der Waals surface area contributed by atoms with Crippen molar-refractivity contribution in [1.29, 1.82) is 0 Å². The number of carbonyl (C=O) groups is 1. The Balaban J connectivity index is 2.31. The Hall–Kier alpha value is -1.52. The smallest absolute Gasteiger partial charge is 0.411 e. The number of anilines is 1. The highest BCUT2D eigenvalue weighted by Gasteiger charge is 2.14.